The van der Waals surface area contributed by atoms with E-state index in [4.69, 9.17) is 5.11 Å². The number of carboxylic acid groups (broad SMARTS) is 1. The lowest BCUT2D eigenvalue weighted by atomic mass is 10.2. The molecule has 2 aromatic heterocycles. The van der Waals surface area contributed by atoms with Gasteiger partial charge in [0.05, 0.1) is 6.54 Å². The number of carboxylic acids is 1. The van der Waals surface area contributed by atoms with Crippen LogP contribution in [0.15, 0.2) is 41.6 Å². The highest BCUT2D eigenvalue weighted by Crippen LogP contribution is 2.06. The Hall–Kier alpha value is -2.50. The zero-order valence-electron chi connectivity index (χ0n) is 8.78. The van der Waals surface area contributed by atoms with E-state index in [-0.39, 0.29) is 12.2 Å². The largest absolute Gasteiger partial charge is 0.477 e. The normalized spacial score (nSPS) is 10.1. The second-order valence-electron chi connectivity index (χ2n) is 3.35. The molecule has 0 unspecified atom stereocenters. The molecule has 0 atom stereocenters. The van der Waals surface area contributed by atoms with Crippen molar-refractivity contribution in [1.29, 1.82) is 0 Å². The molecular formula is C11H9N3O3. The van der Waals surface area contributed by atoms with Gasteiger partial charge in [0, 0.05) is 24.2 Å². The predicted molar refractivity (Wildman–Crippen MR) is 58.8 cm³/mol. The highest BCUT2D eigenvalue weighted by Gasteiger charge is 2.11. The lowest BCUT2D eigenvalue weighted by molar-refractivity contribution is 0.0689. The van der Waals surface area contributed by atoms with Gasteiger partial charge in [-0.2, -0.15) is 0 Å². The molecule has 0 aromatic carbocycles. The van der Waals surface area contributed by atoms with Crippen LogP contribution >= 0.6 is 0 Å². The van der Waals surface area contributed by atoms with Crippen molar-refractivity contribution < 1.29 is 9.90 Å². The maximum atomic E-state index is 11.4. The van der Waals surface area contributed by atoms with Crippen molar-refractivity contribution in [3.63, 3.8) is 0 Å². The van der Waals surface area contributed by atoms with Crippen LogP contribution in [0.4, 0.5) is 0 Å². The first-order valence-corrected chi connectivity index (χ1v) is 4.87. The fraction of sp³-hybridized carbons (Fsp3) is 0.0909. The van der Waals surface area contributed by atoms with E-state index in [9.17, 15) is 9.59 Å². The zero-order valence-corrected chi connectivity index (χ0v) is 8.78. The van der Waals surface area contributed by atoms with Crippen LogP contribution in [0.3, 0.4) is 0 Å². The molecule has 6 nitrogen and oxygen atoms in total. The lowest BCUT2D eigenvalue weighted by Gasteiger charge is -2.06. The average Bonchev–Trinajstić information content (AvgIpc) is 2.32. The van der Waals surface area contributed by atoms with Gasteiger partial charge in [-0.15, -0.1) is 0 Å². The lowest BCUT2D eigenvalue weighted by Crippen LogP contribution is -2.23. The van der Waals surface area contributed by atoms with Gasteiger partial charge in [0.1, 0.15) is 0 Å². The fourth-order valence-electron chi connectivity index (χ4n) is 1.45. The summed E-state index contributed by atoms with van der Waals surface area (Å²) in [6.45, 7) is 0.141. The van der Waals surface area contributed by atoms with Crippen LogP contribution in [0.25, 0.3) is 0 Å². The van der Waals surface area contributed by atoms with Gasteiger partial charge >= 0.3 is 11.7 Å². The van der Waals surface area contributed by atoms with E-state index < -0.39 is 11.7 Å². The van der Waals surface area contributed by atoms with Crippen LogP contribution in [0, 0.1) is 0 Å². The average molecular weight is 231 g/mol. The molecule has 2 heterocycles. The van der Waals surface area contributed by atoms with Crippen LogP contribution in [0.1, 0.15) is 16.1 Å². The monoisotopic (exact) mass is 231 g/mol. The Kier molecular flexibility index (Phi) is 2.95. The van der Waals surface area contributed by atoms with Crippen LogP contribution in [0.5, 0.6) is 0 Å². The zero-order chi connectivity index (χ0) is 12.3. The first-order valence-electron chi connectivity index (χ1n) is 4.87. The van der Waals surface area contributed by atoms with Crippen molar-refractivity contribution in [3.8, 4) is 0 Å². The minimum Gasteiger partial charge on any atom is -0.477 e. The number of hydrogen-bond donors (Lipinski definition) is 1. The first kappa shape index (κ1) is 11.0. The summed E-state index contributed by atoms with van der Waals surface area (Å²) in [6.07, 6.45) is 4.34. The Balaban J connectivity index is 2.40. The highest BCUT2D eigenvalue weighted by molar-refractivity contribution is 5.86. The summed E-state index contributed by atoms with van der Waals surface area (Å²) in [5, 5.41) is 8.95. The second kappa shape index (κ2) is 4.56. The van der Waals surface area contributed by atoms with Crippen molar-refractivity contribution >= 4 is 5.97 Å². The topological polar surface area (TPSA) is 85.1 Å². The summed E-state index contributed by atoms with van der Waals surface area (Å²) in [4.78, 5) is 29.7. The number of aromatic nitrogens is 3. The van der Waals surface area contributed by atoms with Crippen molar-refractivity contribution in [2.75, 3.05) is 0 Å². The second-order valence-corrected chi connectivity index (χ2v) is 3.35. The molecule has 86 valence electrons. The van der Waals surface area contributed by atoms with E-state index in [2.05, 4.69) is 9.97 Å². The number of hydrogen-bond acceptors (Lipinski definition) is 4. The summed E-state index contributed by atoms with van der Waals surface area (Å²) >= 11 is 0. The molecule has 6 heteroatoms. The summed E-state index contributed by atoms with van der Waals surface area (Å²) < 4.78 is 1.32. The number of carbonyl (C=O) groups is 1. The Labute approximate surface area is 96.2 Å². The third-order valence-corrected chi connectivity index (χ3v) is 2.22. The molecule has 2 rings (SSSR count). The highest BCUT2D eigenvalue weighted by atomic mass is 16.4. The number of nitrogens with zero attached hydrogens (tertiary/aromatic N) is 3. The molecule has 1 N–H and O–H groups in total. The number of rotatable bonds is 3. The summed E-state index contributed by atoms with van der Waals surface area (Å²) in [5.41, 5.74) is -0.00829. The van der Waals surface area contributed by atoms with Gasteiger partial charge in [0.25, 0.3) is 0 Å². The standard InChI is InChI=1S/C11H9N3O3/c15-10(16)9-8(3-1-4-12-9)7-14-6-2-5-13-11(14)17/h1-6H,7H2,(H,15,16). The Morgan fingerprint density at radius 1 is 1.29 bits per heavy atom. The van der Waals surface area contributed by atoms with E-state index in [0.29, 0.717) is 5.56 Å². The fourth-order valence-corrected chi connectivity index (χ4v) is 1.45. The summed E-state index contributed by atoms with van der Waals surface area (Å²) in [7, 11) is 0. The van der Waals surface area contributed by atoms with Crippen molar-refractivity contribution in [2.45, 2.75) is 6.54 Å². The number of pyridine rings is 1. The summed E-state index contributed by atoms with van der Waals surface area (Å²) in [6, 6.07) is 4.86. The van der Waals surface area contributed by atoms with Gasteiger partial charge in [-0.1, -0.05) is 6.07 Å². The van der Waals surface area contributed by atoms with Gasteiger partial charge in [0.2, 0.25) is 0 Å². The SMILES string of the molecule is O=C(O)c1ncccc1Cn1cccnc1=O. The maximum absolute atomic E-state index is 11.4. The molecule has 0 bridgehead atoms. The molecule has 0 amide bonds. The van der Waals surface area contributed by atoms with Gasteiger partial charge < -0.3 is 5.11 Å². The van der Waals surface area contributed by atoms with Crippen molar-refractivity contribution in [1.82, 2.24) is 14.5 Å². The van der Waals surface area contributed by atoms with E-state index in [1.54, 1.807) is 24.4 Å². The predicted octanol–water partition coefficient (Wildman–Crippen LogP) is 0.385. The van der Waals surface area contributed by atoms with E-state index >= 15 is 0 Å². The molecule has 17 heavy (non-hydrogen) atoms. The van der Waals surface area contributed by atoms with E-state index in [0.717, 1.165) is 0 Å². The molecule has 0 aliphatic carbocycles. The minimum absolute atomic E-state index is 0.0525. The third kappa shape index (κ3) is 2.36. The molecule has 0 saturated heterocycles. The molecule has 0 fully saturated rings. The van der Waals surface area contributed by atoms with Crippen LogP contribution < -0.4 is 5.69 Å². The molecular weight excluding hydrogens is 222 g/mol. The molecule has 0 radical (unpaired) electrons. The van der Waals surface area contributed by atoms with Gasteiger partial charge in [-0.25, -0.2) is 19.6 Å². The van der Waals surface area contributed by atoms with Crippen LogP contribution in [0.2, 0.25) is 0 Å². The Morgan fingerprint density at radius 2 is 2.06 bits per heavy atom. The molecule has 0 aliphatic rings. The quantitative estimate of drug-likeness (QED) is 0.825. The first-order chi connectivity index (χ1) is 8.18. The molecule has 2 aromatic rings. The van der Waals surface area contributed by atoms with Crippen LogP contribution in [-0.2, 0) is 6.54 Å². The molecule has 0 spiro atoms. The number of aromatic carboxylic acids is 1. The maximum Gasteiger partial charge on any atom is 0.354 e. The van der Waals surface area contributed by atoms with Gasteiger partial charge in [0.15, 0.2) is 5.69 Å². The van der Waals surface area contributed by atoms with Crippen molar-refractivity contribution in [3.05, 3.63) is 58.5 Å². The Bertz CT molecular complexity index is 607. The molecule has 0 saturated carbocycles. The van der Waals surface area contributed by atoms with Gasteiger partial charge in [-0.3, -0.25) is 4.57 Å². The van der Waals surface area contributed by atoms with Gasteiger partial charge in [-0.05, 0) is 12.1 Å². The molecule has 0 aliphatic heterocycles. The van der Waals surface area contributed by atoms with Crippen LogP contribution in [-0.4, -0.2) is 25.6 Å². The minimum atomic E-state index is -1.11. The van der Waals surface area contributed by atoms with Crippen molar-refractivity contribution in [2.24, 2.45) is 0 Å². The third-order valence-electron chi connectivity index (χ3n) is 2.22. The Morgan fingerprint density at radius 3 is 2.76 bits per heavy atom. The van der Waals surface area contributed by atoms with E-state index in [1.807, 2.05) is 0 Å². The summed E-state index contributed by atoms with van der Waals surface area (Å²) in [5.74, 6) is -1.11. The smallest absolute Gasteiger partial charge is 0.354 e. The van der Waals surface area contributed by atoms with E-state index in [1.165, 1.54) is 17.0 Å².